The zero-order chi connectivity index (χ0) is 28.0. The molecule has 1 aromatic heterocycles. The number of imidazole rings is 1. The van der Waals surface area contributed by atoms with Crippen LogP contribution in [0.3, 0.4) is 0 Å². The number of rotatable bonds is 12. The summed E-state index contributed by atoms with van der Waals surface area (Å²) in [7, 11) is -4.31. The van der Waals surface area contributed by atoms with Crippen LogP contribution < -0.4 is 0 Å². The molecule has 0 aliphatic heterocycles. The van der Waals surface area contributed by atoms with Crippen molar-refractivity contribution in [2.24, 2.45) is 5.92 Å². The number of aromatic nitrogens is 2. The van der Waals surface area contributed by atoms with Gasteiger partial charge in [-0.15, -0.1) is 0 Å². The van der Waals surface area contributed by atoms with E-state index in [9.17, 15) is 28.2 Å². The van der Waals surface area contributed by atoms with Crippen molar-refractivity contribution in [2.75, 3.05) is 6.54 Å². The molecule has 1 fully saturated rings. The Hall–Kier alpha value is -2.56. The van der Waals surface area contributed by atoms with Gasteiger partial charge in [-0.2, -0.15) is 0 Å². The number of nitrogens with zero attached hydrogens (tertiary/aromatic N) is 3. The van der Waals surface area contributed by atoms with Gasteiger partial charge in [-0.3, -0.25) is 0 Å². The lowest BCUT2D eigenvalue weighted by molar-refractivity contribution is -0.132. The SMILES string of the molecule is CCCCCN(C(=O)O)S(=O)(=O)c1ccc(Cn2c(C)nc(Cl)c2/C=C(\CC2CCCC2)C(=O)O)c(Cl)c1. The summed E-state index contributed by atoms with van der Waals surface area (Å²) in [4.78, 5) is 27.7. The number of carboxylic acids is 1. The largest absolute Gasteiger partial charge is 0.478 e. The summed E-state index contributed by atoms with van der Waals surface area (Å²) in [6.45, 7) is 3.69. The third-order valence-corrected chi connectivity index (χ3v) is 9.24. The number of hydrogen-bond acceptors (Lipinski definition) is 5. The molecule has 0 spiro atoms. The Morgan fingerprint density at radius 3 is 2.45 bits per heavy atom. The number of amides is 1. The molecule has 3 rings (SSSR count). The summed E-state index contributed by atoms with van der Waals surface area (Å²) in [6.07, 6.45) is 6.59. The Morgan fingerprint density at radius 1 is 1.18 bits per heavy atom. The fourth-order valence-corrected chi connectivity index (χ4v) is 6.64. The Balaban J connectivity index is 1.91. The number of unbranched alkanes of at least 4 members (excludes halogenated alkanes) is 2. The van der Waals surface area contributed by atoms with Crippen molar-refractivity contribution in [1.29, 1.82) is 0 Å². The summed E-state index contributed by atoms with van der Waals surface area (Å²) in [5.74, 6) is -0.148. The summed E-state index contributed by atoms with van der Waals surface area (Å²) in [5.41, 5.74) is 1.22. The van der Waals surface area contributed by atoms with E-state index >= 15 is 0 Å². The Labute approximate surface area is 233 Å². The Bertz CT molecular complexity index is 1320. The average molecular weight is 587 g/mol. The molecule has 38 heavy (non-hydrogen) atoms. The lowest BCUT2D eigenvalue weighted by atomic mass is 9.97. The summed E-state index contributed by atoms with van der Waals surface area (Å²) < 4.78 is 28.2. The number of aliphatic carboxylic acids is 1. The molecule has 1 heterocycles. The molecule has 1 aliphatic carbocycles. The van der Waals surface area contributed by atoms with Gasteiger partial charge in [-0.05, 0) is 49.5 Å². The van der Waals surface area contributed by atoms with Crippen LogP contribution in [0.5, 0.6) is 0 Å². The van der Waals surface area contributed by atoms with Crippen molar-refractivity contribution in [2.45, 2.75) is 76.7 Å². The summed E-state index contributed by atoms with van der Waals surface area (Å²) in [5, 5.41) is 19.6. The van der Waals surface area contributed by atoms with E-state index in [1.165, 1.54) is 18.2 Å². The fourth-order valence-electron chi connectivity index (χ4n) is 4.72. The second-order valence-electron chi connectivity index (χ2n) is 9.57. The molecule has 0 radical (unpaired) electrons. The summed E-state index contributed by atoms with van der Waals surface area (Å²) >= 11 is 12.9. The van der Waals surface area contributed by atoms with Gasteiger partial charge in [0.15, 0.2) is 5.15 Å². The number of benzene rings is 1. The van der Waals surface area contributed by atoms with E-state index in [1.807, 2.05) is 6.92 Å². The van der Waals surface area contributed by atoms with E-state index in [4.69, 9.17) is 23.2 Å². The van der Waals surface area contributed by atoms with Crippen LogP contribution in [0.4, 0.5) is 4.79 Å². The van der Waals surface area contributed by atoms with Crippen molar-refractivity contribution in [1.82, 2.24) is 13.9 Å². The molecule has 1 saturated carbocycles. The second kappa shape index (κ2) is 13.0. The van der Waals surface area contributed by atoms with Crippen molar-refractivity contribution in [3.8, 4) is 0 Å². The number of aryl methyl sites for hydroxylation is 1. The number of halogens is 2. The predicted octanol–water partition coefficient (Wildman–Crippen LogP) is 6.45. The number of carboxylic acid groups (broad SMARTS) is 2. The van der Waals surface area contributed by atoms with Gasteiger partial charge >= 0.3 is 12.1 Å². The highest BCUT2D eigenvalue weighted by molar-refractivity contribution is 7.89. The lowest BCUT2D eigenvalue weighted by Gasteiger charge is -2.20. The first kappa shape index (κ1) is 30.0. The first-order valence-electron chi connectivity index (χ1n) is 12.7. The number of sulfonamides is 1. The third kappa shape index (κ3) is 7.09. The van der Waals surface area contributed by atoms with Gasteiger partial charge in [0.1, 0.15) is 5.82 Å². The van der Waals surface area contributed by atoms with E-state index in [-0.39, 0.29) is 33.7 Å². The zero-order valence-corrected chi connectivity index (χ0v) is 23.8. The first-order valence-corrected chi connectivity index (χ1v) is 14.9. The van der Waals surface area contributed by atoms with E-state index in [2.05, 4.69) is 4.98 Å². The molecular weight excluding hydrogens is 553 g/mol. The molecule has 0 bridgehead atoms. The van der Waals surface area contributed by atoms with E-state index in [1.54, 1.807) is 17.6 Å². The van der Waals surface area contributed by atoms with Gasteiger partial charge in [0, 0.05) is 17.1 Å². The molecule has 208 valence electrons. The monoisotopic (exact) mass is 585 g/mol. The van der Waals surface area contributed by atoms with Crippen LogP contribution in [-0.2, 0) is 21.4 Å². The van der Waals surface area contributed by atoms with Crippen molar-refractivity contribution >= 4 is 51.4 Å². The minimum absolute atomic E-state index is 0.119. The maximum absolute atomic E-state index is 13.0. The normalized spacial score (nSPS) is 14.7. The smallest absolute Gasteiger partial charge is 0.421 e. The van der Waals surface area contributed by atoms with Crippen LogP contribution in [0, 0.1) is 12.8 Å². The maximum Gasteiger partial charge on any atom is 0.421 e. The molecule has 0 saturated heterocycles. The quantitative estimate of drug-likeness (QED) is 0.216. The average Bonchev–Trinajstić information content (AvgIpc) is 3.45. The Morgan fingerprint density at radius 2 is 1.87 bits per heavy atom. The minimum atomic E-state index is -4.31. The zero-order valence-electron chi connectivity index (χ0n) is 21.5. The van der Waals surface area contributed by atoms with Crippen molar-refractivity contribution < 1.29 is 28.2 Å². The van der Waals surface area contributed by atoms with Crippen LogP contribution in [0.1, 0.15) is 75.4 Å². The minimum Gasteiger partial charge on any atom is -0.478 e. The van der Waals surface area contributed by atoms with Crippen LogP contribution in [0.2, 0.25) is 10.2 Å². The predicted molar refractivity (Wildman–Crippen MR) is 146 cm³/mol. The summed E-state index contributed by atoms with van der Waals surface area (Å²) in [6, 6.07) is 4.06. The fraction of sp³-hybridized carbons (Fsp3) is 0.500. The highest BCUT2D eigenvalue weighted by Gasteiger charge is 2.29. The molecule has 12 heteroatoms. The number of carbonyl (C=O) groups is 2. The van der Waals surface area contributed by atoms with Gasteiger partial charge < -0.3 is 14.8 Å². The molecule has 1 aromatic carbocycles. The van der Waals surface area contributed by atoms with E-state index in [0.717, 1.165) is 32.1 Å². The van der Waals surface area contributed by atoms with Gasteiger partial charge in [-0.25, -0.2) is 27.3 Å². The van der Waals surface area contributed by atoms with Gasteiger partial charge in [0.25, 0.3) is 10.0 Å². The molecule has 1 aliphatic rings. The number of hydrogen-bond donors (Lipinski definition) is 2. The maximum atomic E-state index is 13.0. The van der Waals surface area contributed by atoms with E-state index in [0.29, 0.717) is 46.6 Å². The molecular formula is C26H33Cl2N3O6S. The van der Waals surface area contributed by atoms with E-state index < -0.39 is 22.1 Å². The van der Waals surface area contributed by atoms with Crippen LogP contribution in [0.25, 0.3) is 6.08 Å². The molecule has 1 amide bonds. The van der Waals surface area contributed by atoms with Crippen molar-refractivity contribution in [3.05, 3.63) is 51.0 Å². The van der Waals surface area contributed by atoms with Gasteiger partial charge in [0.05, 0.1) is 17.1 Å². The third-order valence-electron chi connectivity index (χ3n) is 6.84. The molecule has 0 atom stereocenters. The molecule has 0 unspecified atom stereocenters. The van der Waals surface area contributed by atoms with Gasteiger partial charge in [-0.1, -0.05) is 74.7 Å². The first-order chi connectivity index (χ1) is 17.9. The van der Waals surface area contributed by atoms with Crippen LogP contribution in [0.15, 0.2) is 28.7 Å². The lowest BCUT2D eigenvalue weighted by Crippen LogP contribution is -2.36. The van der Waals surface area contributed by atoms with Gasteiger partial charge in [0.2, 0.25) is 0 Å². The highest BCUT2D eigenvalue weighted by atomic mass is 35.5. The van der Waals surface area contributed by atoms with Crippen molar-refractivity contribution in [3.63, 3.8) is 0 Å². The Kier molecular flexibility index (Phi) is 10.3. The molecule has 2 N–H and O–H groups in total. The van der Waals surface area contributed by atoms with Crippen LogP contribution in [-0.4, -0.2) is 51.1 Å². The standard InChI is InChI=1S/C26H33Cl2N3O6S/c1-3-4-7-12-31(26(34)35)38(36,37)21-11-10-19(22(27)15-21)16-30-17(2)29-24(28)23(30)14-20(25(32)33)13-18-8-5-6-9-18/h10-11,14-15,18H,3-9,12-13,16H2,1-2H3,(H,32,33)(H,34,35)/b20-14+. The highest BCUT2D eigenvalue weighted by Crippen LogP contribution is 2.32. The second-order valence-corrected chi connectivity index (χ2v) is 12.2. The van der Waals surface area contributed by atoms with Crippen LogP contribution >= 0.6 is 23.2 Å². The molecule has 2 aromatic rings. The topological polar surface area (TPSA) is 130 Å². The molecule has 9 nitrogen and oxygen atoms in total.